The topological polar surface area (TPSA) is 89.0 Å². The van der Waals surface area contributed by atoms with Gasteiger partial charge in [-0.15, -0.1) is 24.0 Å². The van der Waals surface area contributed by atoms with E-state index in [0.29, 0.717) is 19.7 Å². The number of rotatable bonds is 9. The number of hydrogen-bond donors (Lipinski definition) is 2. The number of aliphatic imine (C=N–C) groups is 1. The Morgan fingerprint density at radius 2 is 2.14 bits per heavy atom. The van der Waals surface area contributed by atoms with E-state index in [1.807, 2.05) is 6.92 Å². The minimum Gasteiger partial charge on any atom is -0.379 e. The van der Waals surface area contributed by atoms with Crippen molar-refractivity contribution in [1.82, 2.24) is 10.6 Å². The van der Waals surface area contributed by atoms with Crippen molar-refractivity contribution >= 4 is 39.8 Å². The molecule has 1 heterocycles. The SMILES string of the molecule is CCNC(=NCC1CCCO1)NCCOCCS(C)(=O)=O.I. The molecule has 22 heavy (non-hydrogen) atoms. The van der Waals surface area contributed by atoms with Crippen LogP contribution in [0, 0.1) is 0 Å². The number of ether oxygens (including phenoxy) is 2. The Bertz CT molecular complexity index is 412. The van der Waals surface area contributed by atoms with E-state index < -0.39 is 9.84 Å². The number of halogens is 1. The molecule has 0 saturated carbocycles. The summed E-state index contributed by atoms with van der Waals surface area (Å²) in [6.45, 7) is 5.53. The normalized spacial score (nSPS) is 18.8. The molecule has 0 aromatic carbocycles. The van der Waals surface area contributed by atoms with Crippen molar-refractivity contribution in [3.05, 3.63) is 0 Å². The molecule has 0 aromatic heterocycles. The van der Waals surface area contributed by atoms with Crippen LogP contribution in [-0.2, 0) is 19.3 Å². The zero-order valence-corrected chi connectivity index (χ0v) is 16.5. The van der Waals surface area contributed by atoms with Gasteiger partial charge in [-0.05, 0) is 19.8 Å². The van der Waals surface area contributed by atoms with E-state index in [9.17, 15) is 8.42 Å². The lowest BCUT2D eigenvalue weighted by Crippen LogP contribution is -2.39. The molecule has 0 bridgehead atoms. The molecule has 1 fully saturated rings. The number of nitrogens with one attached hydrogen (secondary N) is 2. The quantitative estimate of drug-likeness (QED) is 0.229. The van der Waals surface area contributed by atoms with Crippen LogP contribution in [0.25, 0.3) is 0 Å². The van der Waals surface area contributed by atoms with Gasteiger partial charge in [0.25, 0.3) is 0 Å². The predicted octanol–water partition coefficient (Wildman–Crippen LogP) is 0.400. The average Bonchev–Trinajstić information content (AvgIpc) is 2.91. The van der Waals surface area contributed by atoms with Crippen LogP contribution < -0.4 is 10.6 Å². The molecule has 0 spiro atoms. The molecule has 2 N–H and O–H groups in total. The first-order valence-corrected chi connectivity index (χ1v) is 9.46. The van der Waals surface area contributed by atoms with Crippen LogP contribution in [0.1, 0.15) is 19.8 Å². The lowest BCUT2D eigenvalue weighted by molar-refractivity contribution is 0.117. The van der Waals surface area contributed by atoms with Gasteiger partial charge in [0.15, 0.2) is 5.96 Å². The summed E-state index contributed by atoms with van der Waals surface area (Å²) in [6.07, 6.45) is 3.61. The Morgan fingerprint density at radius 3 is 2.73 bits per heavy atom. The second kappa shape index (κ2) is 12.3. The molecule has 9 heteroatoms. The Morgan fingerprint density at radius 1 is 1.36 bits per heavy atom. The van der Waals surface area contributed by atoms with Crippen LogP contribution in [0.4, 0.5) is 0 Å². The summed E-state index contributed by atoms with van der Waals surface area (Å²) < 4.78 is 32.7. The fourth-order valence-corrected chi connectivity index (χ4v) is 2.30. The highest BCUT2D eigenvalue weighted by Gasteiger charge is 2.14. The molecule has 1 unspecified atom stereocenters. The summed E-state index contributed by atoms with van der Waals surface area (Å²) in [5.74, 6) is 0.792. The third-order valence-corrected chi connectivity index (χ3v) is 3.87. The smallest absolute Gasteiger partial charge is 0.191 e. The molecular formula is C13H28IN3O4S. The third kappa shape index (κ3) is 11.4. The van der Waals surface area contributed by atoms with Crippen molar-refractivity contribution in [1.29, 1.82) is 0 Å². The first-order valence-electron chi connectivity index (χ1n) is 7.40. The van der Waals surface area contributed by atoms with Gasteiger partial charge in [0.05, 0.1) is 31.6 Å². The molecule has 1 rings (SSSR count). The highest BCUT2D eigenvalue weighted by molar-refractivity contribution is 14.0. The third-order valence-electron chi connectivity index (χ3n) is 2.96. The van der Waals surface area contributed by atoms with Crippen LogP contribution >= 0.6 is 24.0 Å². The Labute approximate surface area is 150 Å². The molecule has 0 aromatic rings. The van der Waals surface area contributed by atoms with E-state index in [0.717, 1.165) is 32.0 Å². The van der Waals surface area contributed by atoms with Crippen LogP contribution in [0.3, 0.4) is 0 Å². The Hall–Kier alpha value is -0.130. The fourth-order valence-electron chi connectivity index (χ4n) is 1.88. The van der Waals surface area contributed by atoms with Gasteiger partial charge in [0.2, 0.25) is 0 Å². The molecule has 1 aliphatic heterocycles. The minimum atomic E-state index is -2.95. The van der Waals surface area contributed by atoms with Crippen molar-refractivity contribution < 1.29 is 17.9 Å². The van der Waals surface area contributed by atoms with E-state index >= 15 is 0 Å². The van der Waals surface area contributed by atoms with E-state index in [4.69, 9.17) is 9.47 Å². The molecule has 132 valence electrons. The zero-order chi connectivity index (χ0) is 15.6. The number of hydrogen-bond acceptors (Lipinski definition) is 5. The summed E-state index contributed by atoms with van der Waals surface area (Å²) in [7, 11) is -2.95. The minimum absolute atomic E-state index is 0. The molecule has 0 aliphatic carbocycles. The second-order valence-electron chi connectivity index (χ2n) is 5.02. The molecule has 1 atom stereocenters. The van der Waals surface area contributed by atoms with Gasteiger partial charge >= 0.3 is 0 Å². The van der Waals surface area contributed by atoms with Crippen molar-refractivity contribution in [3.63, 3.8) is 0 Å². The summed E-state index contributed by atoms with van der Waals surface area (Å²) in [5.41, 5.74) is 0. The predicted molar refractivity (Wildman–Crippen MR) is 98.9 cm³/mol. The summed E-state index contributed by atoms with van der Waals surface area (Å²) in [4.78, 5) is 4.47. The van der Waals surface area contributed by atoms with Gasteiger partial charge in [0, 0.05) is 26.0 Å². The molecule has 0 radical (unpaired) electrons. The highest BCUT2D eigenvalue weighted by atomic mass is 127. The maximum atomic E-state index is 10.9. The Balaban J connectivity index is 0.00000441. The zero-order valence-electron chi connectivity index (χ0n) is 13.3. The Kier molecular flexibility index (Phi) is 12.2. The maximum Gasteiger partial charge on any atom is 0.191 e. The standard InChI is InChI=1S/C13H27N3O4S.HI/c1-3-14-13(16-11-12-5-4-7-20-12)15-6-8-19-9-10-21(2,17)18;/h12H,3-11H2,1-2H3,(H2,14,15,16);1H. The largest absolute Gasteiger partial charge is 0.379 e. The number of guanidine groups is 1. The number of nitrogens with zero attached hydrogens (tertiary/aromatic N) is 1. The second-order valence-corrected chi connectivity index (χ2v) is 7.28. The summed E-state index contributed by atoms with van der Waals surface area (Å²) in [5, 5.41) is 6.30. The summed E-state index contributed by atoms with van der Waals surface area (Å²) in [6, 6.07) is 0. The molecule has 1 aliphatic rings. The van der Waals surface area contributed by atoms with Gasteiger partial charge in [-0.25, -0.2) is 8.42 Å². The average molecular weight is 449 g/mol. The van der Waals surface area contributed by atoms with Crippen molar-refractivity contribution in [2.75, 3.05) is 51.5 Å². The lowest BCUT2D eigenvalue weighted by Gasteiger charge is -2.13. The van der Waals surface area contributed by atoms with Crippen molar-refractivity contribution in [2.24, 2.45) is 4.99 Å². The molecule has 1 saturated heterocycles. The molecule has 0 amide bonds. The summed E-state index contributed by atoms with van der Waals surface area (Å²) >= 11 is 0. The van der Waals surface area contributed by atoms with Crippen LogP contribution in [-0.4, -0.2) is 71.9 Å². The molecular weight excluding hydrogens is 421 g/mol. The fraction of sp³-hybridized carbons (Fsp3) is 0.923. The lowest BCUT2D eigenvalue weighted by atomic mass is 10.2. The van der Waals surface area contributed by atoms with Gasteiger partial charge in [-0.3, -0.25) is 4.99 Å². The number of sulfone groups is 1. The van der Waals surface area contributed by atoms with Crippen LogP contribution in [0.15, 0.2) is 4.99 Å². The van der Waals surface area contributed by atoms with Crippen molar-refractivity contribution in [3.8, 4) is 0 Å². The van der Waals surface area contributed by atoms with E-state index in [1.54, 1.807) is 0 Å². The van der Waals surface area contributed by atoms with Gasteiger partial charge < -0.3 is 20.1 Å². The van der Waals surface area contributed by atoms with Crippen molar-refractivity contribution in [2.45, 2.75) is 25.9 Å². The van der Waals surface area contributed by atoms with Crippen LogP contribution in [0.2, 0.25) is 0 Å². The highest BCUT2D eigenvalue weighted by Crippen LogP contribution is 2.11. The molecule has 7 nitrogen and oxygen atoms in total. The van der Waals surface area contributed by atoms with E-state index in [2.05, 4.69) is 15.6 Å². The first-order chi connectivity index (χ1) is 10.0. The van der Waals surface area contributed by atoms with E-state index in [1.165, 1.54) is 6.26 Å². The first kappa shape index (κ1) is 21.9. The van der Waals surface area contributed by atoms with Gasteiger partial charge in [0.1, 0.15) is 9.84 Å². The maximum absolute atomic E-state index is 10.9. The van der Waals surface area contributed by atoms with Gasteiger partial charge in [-0.2, -0.15) is 0 Å². The van der Waals surface area contributed by atoms with E-state index in [-0.39, 0.29) is 42.4 Å². The van der Waals surface area contributed by atoms with Gasteiger partial charge in [-0.1, -0.05) is 0 Å². The monoisotopic (exact) mass is 449 g/mol. The van der Waals surface area contributed by atoms with Crippen LogP contribution in [0.5, 0.6) is 0 Å².